The van der Waals surface area contributed by atoms with Crippen molar-refractivity contribution in [3.8, 4) is 0 Å². The molecular weight excluding hydrogens is 392 g/mol. The number of fused-ring (bicyclic) bond motifs is 1. The summed E-state index contributed by atoms with van der Waals surface area (Å²) in [6, 6.07) is 15.2. The molecule has 0 aliphatic heterocycles. The summed E-state index contributed by atoms with van der Waals surface area (Å²) in [7, 11) is 0. The molecule has 2 heterocycles. The van der Waals surface area contributed by atoms with Crippen molar-refractivity contribution in [1.82, 2.24) is 30.4 Å². The summed E-state index contributed by atoms with van der Waals surface area (Å²) in [4.78, 5) is 31.8. The topological polar surface area (TPSA) is 105 Å². The molecule has 2 amide bonds. The van der Waals surface area contributed by atoms with Gasteiger partial charge in [0.1, 0.15) is 18.7 Å². The Balaban J connectivity index is 1.42. The van der Waals surface area contributed by atoms with Crippen LogP contribution in [0, 0.1) is 0 Å². The van der Waals surface area contributed by atoms with Gasteiger partial charge in [0, 0.05) is 37.0 Å². The van der Waals surface area contributed by atoms with Gasteiger partial charge >= 0.3 is 0 Å². The molecular formula is C23H24N6O2. The van der Waals surface area contributed by atoms with Gasteiger partial charge in [-0.15, -0.1) is 0 Å². The van der Waals surface area contributed by atoms with Crippen LogP contribution in [-0.2, 0) is 29.1 Å². The largest absolute Gasteiger partial charge is 0.361 e. The molecule has 8 heteroatoms. The van der Waals surface area contributed by atoms with Crippen molar-refractivity contribution in [2.75, 3.05) is 0 Å². The molecule has 8 nitrogen and oxygen atoms in total. The summed E-state index contributed by atoms with van der Waals surface area (Å²) in [6.07, 6.45) is 5.46. The Hall–Kier alpha value is -3.94. The van der Waals surface area contributed by atoms with Crippen molar-refractivity contribution in [3.05, 3.63) is 84.1 Å². The van der Waals surface area contributed by atoms with Crippen molar-refractivity contribution in [1.29, 1.82) is 0 Å². The minimum atomic E-state index is -0.657. The predicted molar refractivity (Wildman–Crippen MR) is 117 cm³/mol. The minimum Gasteiger partial charge on any atom is -0.361 e. The second kappa shape index (κ2) is 9.25. The molecule has 0 spiro atoms. The van der Waals surface area contributed by atoms with Crippen molar-refractivity contribution in [2.45, 2.75) is 32.5 Å². The van der Waals surface area contributed by atoms with E-state index in [2.05, 4.69) is 25.7 Å². The molecule has 31 heavy (non-hydrogen) atoms. The maximum Gasteiger partial charge on any atom is 0.243 e. The number of aromatic amines is 1. The molecule has 1 unspecified atom stereocenters. The van der Waals surface area contributed by atoms with Crippen LogP contribution in [0.2, 0.25) is 0 Å². The molecule has 0 saturated carbocycles. The summed E-state index contributed by atoms with van der Waals surface area (Å²) in [5.74, 6) is -0.461. The van der Waals surface area contributed by atoms with Gasteiger partial charge in [-0.2, -0.15) is 5.10 Å². The van der Waals surface area contributed by atoms with E-state index >= 15 is 0 Å². The molecule has 2 aromatic heterocycles. The number of nitrogens with one attached hydrogen (secondary N) is 3. The third-order valence-corrected chi connectivity index (χ3v) is 5.06. The van der Waals surface area contributed by atoms with Crippen LogP contribution >= 0.6 is 0 Å². The third-order valence-electron chi connectivity index (χ3n) is 5.06. The number of H-pyrrole nitrogens is 1. The van der Waals surface area contributed by atoms with Gasteiger partial charge in [0.25, 0.3) is 0 Å². The van der Waals surface area contributed by atoms with Crippen LogP contribution in [0.25, 0.3) is 10.9 Å². The highest BCUT2D eigenvalue weighted by Crippen LogP contribution is 2.19. The van der Waals surface area contributed by atoms with Crippen LogP contribution in [0.15, 0.2) is 67.4 Å². The quantitative estimate of drug-likeness (QED) is 0.409. The normalized spacial score (nSPS) is 11.9. The molecule has 0 aliphatic carbocycles. The Morgan fingerprint density at radius 3 is 2.77 bits per heavy atom. The summed E-state index contributed by atoms with van der Waals surface area (Å²) in [6.45, 7) is 2.40. The van der Waals surface area contributed by atoms with Crippen LogP contribution in [0.3, 0.4) is 0 Å². The molecule has 1 atom stereocenters. The lowest BCUT2D eigenvalue weighted by atomic mass is 10.0. The van der Waals surface area contributed by atoms with E-state index in [1.807, 2.05) is 54.7 Å². The number of carbonyl (C=O) groups is 2. The molecule has 0 aliphatic rings. The van der Waals surface area contributed by atoms with Crippen molar-refractivity contribution in [3.63, 3.8) is 0 Å². The van der Waals surface area contributed by atoms with E-state index in [4.69, 9.17) is 0 Å². The molecule has 0 saturated heterocycles. The maximum absolute atomic E-state index is 12.9. The van der Waals surface area contributed by atoms with Gasteiger partial charge in [-0.05, 0) is 22.8 Å². The van der Waals surface area contributed by atoms with Gasteiger partial charge in [-0.25, -0.2) is 9.67 Å². The second-order valence-corrected chi connectivity index (χ2v) is 7.45. The van der Waals surface area contributed by atoms with Gasteiger partial charge in [0.05, 0.1) is 6.54 Å². The predicted octanol–water partition coefficient (Wildman–Crippen LogP) is 2.17. The number of para-hydroxylation sites is 1. The number of hydrogen-bond donors (Lipinski definition) is 3. The highest BCUT2D eigenvalue weighted by molar-refractivity contribution is 5.89. The Morgan fingerprint density at radius 1 is 1.13 bits per heavy atom. The van der Waals surface area contributed by atoms with Gasteiger partial charge in [-0.3, -0.25) is 9.59 Å². The Bertz CT molecular complexity index is 1180. The van der Waals surface area contributed by atoms with E-state index in [0.29, 0.717) is 19.5 Å². The molecule has 2 aromatic carbocycles. The standard InChI is InChI=1S/C23H24N6O2/c1-16(30)28-22(10-19-12-25-21-8-3-2-7-20(19)21)23(31)26-11-17-5-4-6-18(9-17)13-29-15-24-14-27-29/h2-9,12,14-15,22,25H,10-11,13H2,1H3,(H,26,31)(H,28,30). The van der Waals surface area contributed by atoms with Crippen LogP contribution < -0.4 is 10.6 Å². The van der Waals surface area contributed by atoms with Crippen LogP contribution in [-0.4, -0.2) is 37.6 Å². The van der Waals surface area contributed by atoms with Gasteiger partial charge in [0.15, 0.2) is 0 Å². The first kappa shape index (κ1) is 20.3. The number of rotatable bonds is 8. The molecule has 0 radical (unpaired) electrons. The first-order valence-electron chi connectivity index (χ1n) is 10.1. The summed E-state index contributed by atoms with van der Waals surface area (Å²) in [5.41, 5.74) is 4.03. The van der Waals surface area contributed by atoms with E-state index < -0.39 is 6.04 Å². The highest BCUT2D eigenvalue weighted by atomic mass is 16.2. The number of benzene rings is 2. The molecule has 4 aromatic rings. The number of nitrogens with zero attached hydrogens (tertiary/aromatic N) is 3. The lowest BCUT2D eigenvalue weighted by Gasteiger charge is -2.18. The fraction of sp³-hybridized carbons (Fsp3) is 0.217. The highest BCUT2D eigenvalue weighted by Gasteiger charge is 2.21. The number of carbonyl (C=O) groups excluding carboxylic acids is 2. The van der Waals surface area contributed by atoms with E-state index in [1.165, 1.54) is 13.3 Å². The Morgan fingerprint density at radius 2 is 1.97 bits per heavy atom. The van der Waals surface area contributed by atoms with Crippen molar-refractivity contribution in [2.24, 2.45) is 0 Å². The SMILES string of the molecule is CC(=O)NC(Cc1c[nH]c2ccccc12)C(=O)NCc1cccc(Cn2cncn2)c1. The third kappa shape index (κ3) is 5.16. The molecule has 0 bridgehead atoms. The zero-order valence-corrected chi connectivity index (χ0v) is 17.2. The number of amides is 2. The van der Waals surface area contributed by atoms with Crippen LogP contribution in [0.4, 0.5) is 0 Å². The first-order chi connectivity index (χ1) is 15.1. The van der Waals surface area contributed by atoms with Gasteiger partial charge < -0.3 is 15.6 Å². The summed E-state index contributed by atoms with van der Waals surface area (Å²) >= 11 is 0. The average Bonchev–Trinajstić information content (AvgIpc) is 3.42. The Kier molecular flexibility index (Phi) is 6.07. The zero-order chi connectivity index (χ0) is 21.6. The molecule has 3 N–H and O–H groups in total. The number of hydrogen-bond acceptors (Lipinski definition) is 4. The lowest BCUT2D eigenvalue weighted by Crippen LogP contribution is -2.47. The lowest BCUT2D eigenvalue weighted by molar-refractivity contribution is -0.128. The zero-order valence-electron chi connectivity index (χ0n) is 17.2. The van der Waals surface area contributed by atoms with Crippen LogP contribution in [0.5, 0.6) is 0 Å². The van der Waals surface area contributed by atoms with Gasteiger partial charge in [-0.1, -0.05) is 42.5 Å². The Labute approximate surface area is 179 Å². The van der Waals surface area contributed by atoms with E-state index in [1.54, 1.807) is 11.0 Å². The summed E-state index contributed by atoms with van der Waals surface area (Å²) in [5, 5.41) is 10.9. The van der Waals surface area contributed by atoms with E-state index in [9.17, 15) is 9.59 Å². The van der Waals surface area contributed by atoms with Crippen LogP contribution in [0.1, 0.15) is 23.6 Å². The smallest absolute Gasteiger partial charge is 0.243 e. The maximum atomic E-state index is 12.9. The summed E-state index contributed by atoms with van der Waals surface area (Å²) < 4.78 is 1.74. The second-order valence-electron chi connectivity index (χ2n) is 7.45. The average molecular weight is 416 g/mol. The van der Waals surface area contributed by atoms with Gasteiger partial charge in [0.2, 0.25) is 11.8 Å². The minimum absolute atomic E-state index is 0.220. The van der Waals surface area contributed by atoms with E-state index in [0.717, 1.165) is 27.6 Å². The fourth-order valence-electron chi connectivity index (χ4n) is 3.63. The fourth-order valence-corrected chi connectivity index (χ4v) is 3.63. The van der Waals surface area contributed by atoms with Crippen molar-refractivity contribution < 1.29 is 9.59 Å². The molecule has 4 rings (SSSR count). The molecule has 158 valence electrons. The first-order valence-corrected chi connectivity index (χ1v) is 10.1. The van der Waals surface area contributed by atoms with E-state index in [-0.39, 0.29) is 11.8 Å². The number of aromatic nitrogens is 4. The van der Waals surface area contributed by atoms with Crippen molar-refractivity contribution >= 4 is 22.7 Å². The monoisotopic (exact) mass is 416 g/mol. The molecule has 0 fully saturated rings.